The Morgan fingerprint density at radius 1 is 1.56 bits per heavy atom. The van der Waals surface area contributed by atoms with Gasteiger partial charge in [0.05, 0.1) is 0 Å². The summed E-state index contributed by atoms with van der Waals surface area (Å²) in [6.07, 6.45) is 1.97. The van der Waals surface area contributed by atoms with Gasteiger partial charge in [-0.15, -0.1) is 6.58 Å². The summed E-state index contributed by atoms with van der Waals surface area (Å²) < 4.78 is -1.37. The summed E-state index contributed by atoms with van der Waals surface area (Å²) in [7, 11) is 0. The Morgan fingerprint density at radius 2 is 2.19 bits per heavy atom. The third-order valence-electron chi connectivity index (χ3n) is 2.65. The maximum atomic E-state index is 12.0. The van der Waals surface area contributed by atoms with E-state index in [1.807, 2.05) is 0 Å². The molecule has 0 aromatic heterocycles. The molecule has 0 aromatic rings. The highest BCUT2D eigenvalue weighted by atomic mass is 79.9. The van der Waals surface area contributed by atoms with Gasteiger partial charge in [-0.05, 0) is 5.92 Å². The second-order valence-electron chi connectivity index (χ2n) is 3.87. The number of carbonyl (C=O) groups is 1. The van der Waals surface area contributed by atoms with Gasteiger partial charge in [-0.3, -0.25) is 4.79 Å². The molecule has 1 aliphatic rings. The zero-order chi connectivity index (χ0) is 12.3. The molecular formula is C10H13BrCl3NO. The van der Waals surface area contributed by atoms with Crippen molar-refractivity contribution in [1.82, 2.24) is 4.90 Å². The summed E-state index contributed by atoms with van der Waals surface area (Å²) >= 11 is 20.6. The Kier molecular flexibility index (Phi) is 5.43. The average Bonchev–Trinajstić information content (AvgIpc) is 2.44. The van der Waals surface area contributed by atoms with Gasteiger partial charge in [0.25, 0.3) is 0 Å². The third kappa shape index (κ3) is 3.80. The minimum absolute atomic E-state index is 0.0516. The minimum Gasteiger partial charge on any atom is -0.338 e. The van der Waals surface area contributed by atoms with Crippen LogP contribution in [-0.4, -0.2) is 33.0 Å². The van der Waals surface area contributed by atoms with E-state index in [2.05, 4.69) is 22.5 Å². The number of halogens is 4. The molecular weight excluding hydrogens is 336 g/mol. The number of likely N-dealkylation sites (tertiary alicyclic amines) is 1. The maximum Gasteiger partial charge on any atom is 0.226 e. The van der Waals surface area contributed by atoms with Gasteiger partial charge in [0.15, 0.2) is 3.79 Å². The van der Waals surface area contributed by atoms with Gasteiger partial charge in [-0.2, -0.15) is 0 Å². The molecule has 1 saturated heterocycles. The van der Waals surface area contributed by atoms with E-state index in [0.29, 0.717) is 13.1 Å². The monoisotopic (exact) mass is 347 g/mol. The first kappa shape index (κ1) is 14.6. The Labute approximate surface area is 119 Å². The molecule has 0 saturated carbocycles. The molecule has 92 valence electrons. The number of amides is 1. The quantitative estimate of drug-likeness (QED) is 0.563. The summed E-state index contributed by atoms with van der Waals surface area (Å²) in [5.41, 5.74) is 0. The van der Waals surface area contributed by atoms with Crippen molar-refractivity contribution in [3.8, 4) is 0 Å². The molecule has 0 aromatic carbocycles. The van der Waals surface area contributed by atoms with E-state index in [4.69, 9.17) is 34.8 Å². The van der Waals surface area contributed by atoms with Crippen LogP contribution in [0.2, 0.25) is 0 Å². The van der Waals surface area contributed by atoms with Crippen LogP contribution in [0.3, 0.4) is 0 Å². The van der Waals surface area contributed by atoms with Gasteiger partial charge in [0, 0.05) is 30.8 Å². The first-order valence-electron chi connectivity index (χ1n) is 4.91. The first-order chi connectivity index (χ1) is 7.39. The predicted molar refractivity (Wildman–Crippen MR) is 72.5 cm³/mol. The van der Waals surface area contributed by atoms with Crippen molar-refractivity contribution >= 4 is 56.6 Å². The second-order valence-corrected chi connectivity index (χ2v) is 7.04. The van der Waals surface area contributed by atoms with Crippen LogP contribution >= 0.6 is 50.7 Å². The molecule has 16 heavy (non-hydrogen) atoms. The van der Waals surface area contributed by atoms with Crippen LogP contribution in [-0.2, 0) is 4.79 Å². The fraction of sp³-hybridized carbons (Fsp3) is 0.700. The smallest absolute Gasteiger partial charge is 0.226 e. The average molecular weight is 349 g/mol. The van der Waals surface area contributed by atoms with Crippen molar-refractivity contribution < 1.29 is 4.79 Å². The van der Waals surface area contributed by atoms with E-state index >= 15 is 0 Å². The molecule has 2 atom stereocenters. The highest BCUT2D eigenvalue weighted by molar-refractivity contribution is 9.09. The number of hydrogen-bond acceptors (Lipinski definition) is 1. The van der Waals surface area contributed by atoms with Crippen LogP contribution in [0, 0.1) is 11.8 Å². The molecule has 1 heterocycles. The molecule has 0 unspecified atom stereocenters. The number of alkyl halides is 4. The summed E-state index contributed by atoms with van der Waals surface area (Å²) in [5, 5.41) is 0.734. The number of rotatable bonds is 4. The summed E-state index contributed by atoms with van der Waals surface area (Å²) in [6.45, 7) is 4.88. The summed E-state index contributed by atoms with van der Waals surface area (Å²) in [5.74, 6) is 0.0329. The van der Waals surface area contributed by atoms with Gasteiger partial charge in [0.1, 0.15) is 0 Å². The molecule has 0 aliphatic carbocycles. The lowest BCUT2D eigenvalue weighted by Gasteiger charge is -2.19. The van der Waals surface area contributed by atoms with Gasteiger partial charge in [-0.1, -0.05) is 56.8 Å². The lowest BCUT2D eigenvalue weighted by Crippen LogP contribution is -2.28. The molecule has 1 rings (SSSR count). The zero-order valence-corrected chi connectivity index (χ0v) is 12.5. The van der Waals surface area contributed by atoms with Crippen LogP contribution < -0.4 is 0 Å². The third-order valence-corrected chi connectivity index (χ3v) is 3.95. The maximum absolute atomic E-state index is 12.0. The number of carbonyl (C=O) groups excluding carboxylic acids is 1. The number of nitrogens with zero attached hydrogens (tertiary/aromatic N) is 1. The Bertz CT molecular complexity index is 280. The van der Waals surface area contributed by atoms with E-state index in [0.717, 1.165) is 5.33 Å². The van der Waals surface area contributed by atoms with Crippen molar-refractivity contribution in [2.75, 3.05) is 18.4 Å². The summed E-state index contributed by atoms with van der Waals surface area (Å²) in [6, 6.07) is 0. The molecule has 6 heteroatoms. The van der Waals surface area contributed by atoms with Crippen molar-refractivity contribution in [2.45, 2.75) is 10.2 Å². The van der Waals surface area contributed by atoms with E-state index in [9.17, 15) is 4.79 Å². The normalized spacial score (nSPS) is 26.2. The highest BCUT2D eigenvalue weighted by Crippen LogP contribution is 2.39. The molecule has 1 aliphatic heterocycles. The molecule has 0 N–H and O–H groups in total. The standard InChI is InChI=1S/C10H13BrCl3NO/c1-2-3-15-6-7(5-11)8(9(15)16)4-10(12,13)14/h2,7-8H,1,3-6H2/t7-,8+/m1/s1. The van der Waals surface area contributed by atoms with Crippen LogP contribution in [0.4, 0.5) is 0 Å². The topological polar surface area (TPSA) is 20.3 Å². The van der Waals surface area contributed by atoms with E-state index in [1.165, 1.54) is 0 Å². The van der Waals surface area contributed by atoms with Crippen LogP contribution in [0.5, 0.6) is 0 Å². The Hall–Kier alpha value is 0.560. The van der Waals surface area contributed by atoms with Gasteiger partial charge < -0.3 is 4.90 Å². The van der Waals surface area contributed by atoms with E-state index < -0.39 is 3.79 Å². The van der Waals surface area contributed by atoms with Gasteiger partial charge >= 0.3 is 0 Å². The zero-order valence-electron chi connectivity index (χ0n) is 8.63. The fourth-order valence-electron chi connectivity index (χ4n) is 1.92. The predicted octanol–water partition coefficient (Wildman–Crippen LogP) is 3.40. The van der Waals surface area contributed by atoms with Crippen molar-refractivity contribution in [3.63, 3.8) is 0 Å². The lowest BCUT2D eigenvalue weighted by atomic mass is 9.95. The Morgan fingerprint density at radius 3 is 2.62 bits per heavy atom. The van der Waals surface area contributed by atoms with Crippen molar-refractivity contribution in [3.05, 3.63) is 12.7 Å². The van der Waals surface area contributed by atoms with Crippen LogP contribution in [0.15, 0.2) is 12.7 Å². The largest absolute Gasteiger partial charge is 0.338 e. The molecule has 0 radical (unpaired) electrons. The van der Waals surface area contributed by atoms with Crippen molar-refractivity contribution in [2.24, 2.45) is 11.8 Å². The first-order valence-corrected chi connectivity index (χ1v) is 7.17. The van der Waals surface area contributed by atoms with E-state index in [1.54, 1.807) is 11.0 Å². The molecule has 2 nitrogen and oxygen atoms in total. The minimum atomic E-state index is -1.37. The molecule has 0 bridgehead atoms. The fourth-order valence-corrected chi connectivity index (χ4v) is 3.07. The lowest BCUT2D eigenvalue weighted by molar-refractivity contribution is -0.130. The van der Waals surface area contributed by atoms with Gasteiger partial charge in [-0.25, -0.2) is 0 Å². The molecule has 0 spiro atoms. The van der Waals surface area contributed by atoms with Crippen LogP contribution in [0.1, 0.15) is 6.42 Å². The van der Waals surface area contributed by atoms with Crippen molar-refractivity contribution in [1.29, 1.82) is 0 Å². The molecule has 1 fully saturated rings. The summed E-state index contributed by atoms with van der Waals surface area (Å²) in [4.78, 5) is 13.8. The SMILES string of the molecule is C=CCN1C[C@@H](CBr)[C@H](CC(Cl)(Cl)Cl)C1=O. The van der Waals surface area contributed by atoms with E-state index in [-0.39, 0.29) is 24.2 Å². The van der Waals surface area contributed by atoms with Gasteiger partial charge in [0.2, 0.25) is 5.91 Å². The second kappa shape index (κ2) is 5.94. The van der Waals surface area contributed by atoms with Crippen LogP contribution in [0.25, 0.3) is 0 Å². The number of hydrogen-bond donors (Lipinski definition) is 0. The highest BCUT2D eigenvalue weighted by Gasteiger charge is 2.42. The Balaban J connectivity index is 2.73. The molecule has 1 amide bonds.